The number of cyclic esters (lactones) is 1. The van der Waals surface area contributed by atoms with Crippen molar-refractivity contribution in [1.29, 1.82) is 5.26 Å². The van der Waals surface area contributed by atoms with E-state index in [1.807, 2.05) is 0 Å². The Labute approximate surface area is 178 Å². The largest absolute Gasteiger partial charge is 0.431 e. The number of amides is 1. The SMILES string of the molecule is N#CCC1(n2nc(-c3ccnc4c3[C@H](C(F)(F)F)OC(=O)N4)c3ccc(F)cc32)CCC1. The van der Waals surface area contributed by atoms with E-state index in [2.05, 4.69) is 26.2 Å². The van der Waals surface area contributed by atoms with Gasteiger partial charge < -0.3 is 4.74 Å². The summed E-state index contributed by atoms with van der Waals surface area (Å²) in [6, 6.07) is 7.39. The summed E-state index contributed by atoms with van der Waals surface area (Å²) < 4.78 is 61.6. The van der Waals surface area contributed by atoms with Gasteiger partial charge in [0.05, 0.1) is 29.1 Å². The third-order valence-corrected chi connectivity index (χ3v) is 6.03. The van der Waals surface area contributed by atoms with Gasteiger partial charge in [0, 0.05) is 17.1 Å². The first-order chi connectivity index (χ1) is 15.2. The lowest BCUT2D eigenvalue weighted by Crippen LogP contribution is -2.41. The lowest BCUT2D eigenvalue weighted by molar-refractivity contribution is -0.206. The molecule has 0 radical (unpaired) electrons. The van der Waals surface area contributed by atoms with Crippen LogP contribution in [0.3, 0.4) is 0 Å². The van der Waals surface area contributed by atoms with Crippen LogP contribution in [-0.4, -0.2) is 27.0 Å². The maximum atomic E-state index is 14.1. The quantitative estimate of drug-likeness (QED) is 0.560. The number of pyridine rings is 1. The lowest BCUT2D eigenvalue weighted by Gasteiger charge is -2.40. The minimum absolute atomic E-state index is 0.0547. The van der Waals surface area contributed by atoms with Crippen molar-refractivity contribution < 1.29 is 27.1 Å². The summed E-state index contributed by atoms with van der Waals surface area (Å²) in [6.07, 6.45) is -5.14. The van der Waals surface area contributed by atoms with Crippen LogP contribution >= 0.6 is 0 Å². The first-order valence-corrected chi connectivity index (χ1v) is 9.83. The summed E-state index contributed by atoms with van der Waals surface area (Å²) in [4.78, 5) is 15.5. The molecule has 32 heavy (non-hydrogen) atoms. The molecule has 1 N–H and O–H groups in total. The minimum atomic E-state index is -4.88. The summed E-state index contributed by atoms with van der Waals surface area (Å²) in [5.74, 6) is -0.807. The van der Waals surface area contributed by atoms with Crippen molar-refractivity contribution in [2.24, 2.45) is 0 Å². The van der Waals surface area contributed by atoms with Gasteiger partial charge in [-0.1, -0.05) is 0 Å². The number of nitrogens with one attached hydrogen (secondary N) is 1. The molecular weight excluding hydrogens is 430 g/mol. The molecule has 5 rings (SSSR count). The number of benzene rings is 1. The summed E-state index contributed by atoms with van der Waals surface area (Å²) in [5, 5.41) is 16.5. The lowest BCUT2D eigenvalue weighted by atomic mass is 9.74. The number of alkyl halides is 3. The Morgan fingerprint density at radius 2 is 2.09 bits per heavy atom. The highest BCUT2D eigenvalue weighted by Crippen LogP contribution is 2.48. The molecular formula is C21H15F4N5O2. The molecule has 7 nitrogen and oxygen atoms in total. The first kappa shape index (κ1) is 20.2. The van der Waals surface area contributed by atoms with E-state index >= 15 is 0 Å². The molecule has 1 atom stereocenters. The van der Waals surface area contributed by atoms with Gasteiger partial charge >= 0.3 is 12.3 Å². The molecule has 2 aliphatic rings. The van der Waals surface area contributed by atoms with E-state index in [0.29, 0.717) is 23.7 Å². The van der Waals surface area contributed by atoms with Crippen LogP contribution in [0.5, 0.6) is 0 Å². The second-order valence-electron chi connectivity index (χ2n) is 7.91. The summed E-state index contributed by atoms with van der Waals surface area (Å²) >= 11 is 0. The summed E-state index contributed by atoms with van der Waals surface area (Å²) in [5.41, 5.74) is -0.431. The Kier molecular flexibility index (Phi) is 4.37. The molecule has 3 heterocycles. The smallest absolute Gasteiger partial charge is 0.430 e. The molecule has 0 unspecified atom stereocenters. The number of fused-ring (bicyclic) bond motifs is 2. The second kappa shape index (κ2) is 6.91. The second-order valence-corrected chi connectivity index (χ2v) is 7.91. The maximum Gasteiger partial charge on any atom is 0.430 e. The molecule has 164 valence electrons. The van der Waals surface area contributed by atoms with Crippen molar-refractivity contribution in [3.63, 3.8) is 0 Å². The molecule has 0 bridgehead atoms. The predicted molar refractivity (Wildman–Crippen MR) is 104 cm³/mol. The van der Waals surface area contributed by atoms with Crippen LogP contribution in [0.25, 0.3) is 22.2 Å². The Hall–Kier alpha value is -3.68. The van der Waals surface area contributed by atoms with E-state index in [4.69, 9.17) is 0 Å². The van der Waals surface area contributed by atoms with E-state index in [0.717, 1.165) is 6.42 Å². The topological polar surface area (TPSA) is 92.8 Å². The van der Waals surface area contributed by atoms with Crippen molar-refractivity contribution in [3.05, 3.63) is 41.8 Å². The number of nitrogens with zero attached hydrogens (tertiary/aromatic N) is 4. The molecule has 3 aromatic rings. The van der Waals surface area contributed by atoms with E-state index in [1.54, 1.807) is 4.68 Å². The first-order valence-electron chi connectivity index (χ1n) is 9.83. The summed E-state index contributed by atoms with van der Waals surface area (Å²) in [7, 11) is 0. The molecule has 1 saturated carbocycles. The Balaban J connectivity index is 1.79. The van der Waals surface area contributed by atoms with Gasteiger partial charge in [0.1, 0.15) is 17.3 Å². The van der Waals surface area contributed by atoms with Crippen molar-refractivity contribution in [2.45, 2.75) is 43.5 Å². The number of carbonyl (C=O) groups is 1. The third-order valence-electron chi connectivity index (χ3n) is 6.03. The molecule has 2 aromatic heterocycles. The van der Waals surface area contributed by atoms with Gasteiger partial charge in [-0.15, -0.1) is 0 Å². The fourth-order valence-corrected chi connectivity index (χ4v) is 4.41. The normalized spacial score (nSPS) is 19.5. The number of nitriles is 1. The molecule has 0 spiro atoms. The molecule has 1 aliphatic carbocycles. The Morgan fingerprint density at radius 1 is 1.31 bits per heavy atom. The van der Waals surface area contributed by atoms with E-state index in [1.165, 1.54) is 30.5 Å². The highest BCUT2D eigenvalue weighted by Gasteiger charge is 2.50. The van der Waals surface area contributed by atoms with Crippen LogP contribution in [0.1, 0.15) is 37.4 Å². The van der Waals surface area contributed by atoms with E-state index in [-0.39, 0.29) is 29.1 Å². The maximum absolute atomic E-state index is 14.1. The van der Waals surface area contributed by atoms with E-state index in [9.17, 15) is 27.6 Å². The van der Waals surface area contributed by atoms with Crippen LogP contribution in [0.4, 0.5) is 28.2 Å². The van der Waals surface area contributed by atoms with Crippen molar-refractivity contribution >= 4 is 22.8 Å². The molecule has 1 amide bonds. The minimum Gasteiger partial charge on any atom is -0.431 e. The van der Waals surface area contributed by atoms with Gasteiger partial charge in [-0.05, 0) is 43.5 Å². The third kappa shape index (κ3) is 2.97. The van der Waals surface area contributed by atoms with Gasteiger partial charge in [-0.25, -0.2) is 14.2 Å². The fourth-order valence-electron chi connectivity index (χ4n) is 4.41. The number of hydrogen-bond acceptors (Lipinski definition) is 5. The molecule has 1 aliphatic heterocycles. The van der Waals surface area contributed by atoms with Crippen LogP contribution in [0.2, 0.25) is 0 Å². The van der Waals surface area contributed by atoms with Gasteiger partial charge in [0.15, 0.2) is 0 Å². The zero-order valence-electron chi connectivity index (χ0n) is 16.4. The fraction of sp³-hybridized carbons (Fsp3) is 0.333. The zero-order chi connectivity index (χ0) is 22.7. The average Bonchev–Trinajstić information content (AvgIpc) is 3.07. The van der Waals surface area contributed by atoms with Gasteiger partial charge in [-0.2, -0.15) is 23.5 Å². The number of anilines is 1. The average molecular weight is 445 g/mol. The number of rotatable bonds is 3. The highest BCUT2D eigenvalue weighted by atomic mass is 19.4. The number of aromatic nitrogens is 3. The zero-order valence-corrected chi connectivity index (χ0v) is 16.4. The molecule has 0 saturated heterocycles. The van der Waals surface area contributed by atoms with Gasteiger partial charge in [0.2, 0.25) is 6.10 Å². The van der Waals surface area contributed by atoms with Crippen molar-refractivity contribution in [3.8, 4) is 17.3 Å². The predicted octanol–water partition coefficient (Wildman–Crippen LogP) is 5.20. The number of hydrogen-bond donors (Lipinski definition) is 1. The van der Waals surface area contributed by atoms with Crippen molar-refractivity contribution in [1.82, 2.24) is 14.8 Å². The standard InChI is InChI=1S/C21H15F4N5O2/c22-11-2-3-12-14(10-11)30(20(7-8-26)5-1-6-20)29-16(12)13-4-9-27-18-15(13)17(21(23,24)25)32-19(31)28-18/h2-4,9-10,17H,1,5-7H2,(H,27,28,31)/t17-/m1/s1. The molecule has 1 aromatic carbocycles. The van der Waals surface area contributed by atoms with Crippen LogP contribution in [0.15, 0.2) is 30.5 Å². The highest BCUT2D eigenvalue weighted by molar-refractivity contribution is 5.97. The number of ether oxygens (including phenoxy) is 1. The number of halogens is 4. The van der Waals surface area contributed by atoms with Crippen molar-refractivity contribution in [2.75, 3.05) is 5.32 Å². The molecule has 11 heteroatoms. The van der Waals surface area contributed by atoms with Crippen LogP contribution < -0.4 is 5.32 Å². The van der Waals surface area contributed by atoms with Gasteiger partial charge in [-0.3, -0.25) is 10.00 Å². The monoisotopic (exact) mass is 445 g/mol. The Morgan fingerprint density at radius 3 is 2.75 bits per heavy atom. The van der Waals surface area contributed by atoms with Gasteiger partial charge in [0.25, 0.3) is 0 Å². The summed E-state index contributed by atoms with van der Waals surface area (Å²) in [6.45, 7) is 0. The van der Waals surface area contributed by atoms with E-state index < -0.39 is 29.7 Å². The Bertz CT molecular complexity index is 1290. The number of carbonyl (C=O) groups excluding carboxylic acids is 1. The van der Waals surface area contributed by atoms with Crippen LogP contribution in [0, 0.1) is 17.1 Å². The molecule has 1 fully saturated rings. The van der Waals surface area contributed by atoms with Crippen LogP contribution in [-0.2, 0) is 10.3 Å².